The maximum absolute atomic E-state index is 12.2. The van der Waals surface area contributed by atoms with Crippen LogP contribution in [0.3, 0.4) is 0 Å². The summed E-state index contributed by atoms with van der Waals surface area (Å²) < 4.78 is 10.9. The Morgan fingerprint density at radius 2 is 2.20 bits per heavy atom. The van der Waals surface area contributed by atoms with Crippen LogP contribution in [0.15, 0.2) is 24.3 Å². The number of aliphatic hydroxyl groups is 1. The van der Waals surface area contributed by atoms with E-state index in [1.807, 2.05) is 24.3 Å². The molecule has 20 heavy (non-hydrogen) atoms. The normalized spacial score (nSPS) is 23.9. The van der Waals surface area contributed by atoms with Crippen molar-refractivity contribution < 1.29 is 19.4 Å². The molecule has 5 nitrogen and oxygen atoms in total. The lowest BCUT2D eigenvalue weighted by atomic mass is 10.0. The van der Waals surface area contributed by atoms with Gasteiger partial charge in [-0.25, -0.2) is 0 Å². The monoisotopic (exact) mass is 277 g/mol. The number of fused-ring (bicyclic) bond motifs is 1. The summed E-state index contributed by atoms with van der Waals surface area (Å²) in [5.41, 5.74) is 0.743. The molecule has 0 radical (unpaired) electrons. The van der Waals surface area contributed by atoms with Gasteiger partial charge in [0.1, 0.15) is 5.75 Å². The van der Waals surface area contributed by atoms with Gasteiger partial charge in [0.2, 0.25) is 5.91 Å². The van der Waals surface area contributed by atoms with Gasteiger partial charge in [0.05, 0.1) is 38.0 Å². The van der Waals surface area contributed by atoms with E-state index in [1.165, 1.54) is 0 Å². The molecule has 2 aliphatic rings. The van der Waals surface area contributed by atoms with Gasteiger partial charge in [0, 0.05) is 12.5 Å². The van der Waals surface area contributed by atoms with E-state index in [9.17, 15) is 9.90 Å². The van der Waals surface area contributed by atoms with Crippen molar-refractivity contribution >= 4 is 11.6 Å². The van der Waals surface area contributed by atoms with Crippen molar-refractivity contribution in [3.63, 3.8) is 0 Å². The molecule has 0 bridgehead atoms. The van der Waals surface area contributed by atoms with E-state index in [0.717, 1.165) is 12.1 Å². The predicted molar refractivity (Wildman–Crippen MR) is 73.8 cm³/mol. The number of carbonyl (C=O) groups excluding carboxylic acids is 1. The Morgan fingerprint density at radius 1 is 1.35 bits per heavy atom. The number of ether oxygens (including phenoxy) is 2. The first-order valence-electron chi connectivity index (χ1n) is 7.03. The Kier molecular flexibility index (Phi) is 3.89. The van der Waals surface area contributed by atoms with Crippen LogP contribution in [0.2, 0.25) is 0 Å². The van der Waals surface area contributed by atoms with Crippen LogP contribution in [-0.4, -0.2) is 43.5 Å². The van der Waals surface area contributed by atoms with Gasteiger partial charge in [-0.3, -0.25) is 4.79 Å². The molecule has 1 N–H and O–H groups in total. The van der Waals surface area contributed by atoms with Crippen molar-refractivity contribution in [2.45, 2.75) is 18.9 Å². The van der Waals surface area contributed by atoms with E-state index >= 15 is 0 Å². The number of aliphatic hydroxyl groups excluding tert-OH is 1. The molecular weight excluding hydrogens is 258 g/mol. The second-order valence-electron chi connectivity index (χ2n) is 5.26. The molecule has 1 aromatic rings. The zero-order chi connectivity index (χ0) is 13.9. The van der Waals surface area contributed by atoms with E-state index < -0.39 is 6.10 Å². The Balaban J connectivity index is 1.80. The topological polar surface area (TPSA) is 59.0 Å². The molecule has 1 fully saturated rings. The van der Waals surface area contributed by atoms with Crippen molar-refractivity contribution in [1.29, 1.82) is 0 Å². The predicted octanol–water partition coefficient (Wildman–Crippen LogP) is 1.20. The van der Waals surface area contributed by atoms with Gasteiger partial charge >= 0.3 is 0 Å². The molecule has 1 aromatic carbocycles. The first-order valence-corrected chi connectivity index (χ1v) is 7.03. The van der Waals surface area contributed by atoms with Crippen molar-refractivity contribution in [2.24, 2.45) is 5.92 Å². The number of amides is 1. The van der Waals surface area contributed by atoms with E-state index in [0.29, 0.717) is 38.5 Å². The second-order valence-corrected chi connectivity index (χ2v) is 5.26. The average molecular weight is 277 g/mol. The van der Waals surface area contributed by atoms with E-state index in [2.05, 4.69) is 0 Å². The summed E-state index contributed by atoms with van der Waals surface area (Å²) in [6, 6.07) is 7.47. The summed E-state index contributed by atoms with van der Waals surface area (Å²) >= 11 is 0. The number of hydrogen-bond acceptors (Lipinski definition) is 4. The minimum Gasteiger partial charge on any atom is -0.491 e. The maximum atomic E-state index is 12.2. The fraction of sp³-hybridized carbons (Fsp3) is 0.533. The van der Waals surface area contributed by atoms with E-state index in [1.54, 1.807) is 4.90 Å². The molecule has 1 saturated heterocycles. The SMILES string of the molecule is O=C1CCOc2ccccc2N1CC(O)C1CCOC1. The van der Waals surface area contributed by atoms with Crippen LogP contribution in [0, 0.1) is 5.92 Å². The van der Waals surface area contributed by atoms with Crippen LogP contribution in [0.25, 0.3) is 0 Å². The van der Waals surface area contributed by atoms with Crippen molar-refractivity contribution in [3.05, 3.63) is 24.3 Å². The first kappa shape index (κ1) is 13.4. The standard InChI is InChI=1S/C15H19NO4/c17-13(11-5-7-19-10-11)9-16-12-3-1-2-4-14(12)20-8-6-15(16)18/h1-4,11,13,17H,5-10H2. The van der Waals surface area contributed by atoms with Crippen LogP contribution >= 0.6 is 0 Å². The number of para-hydroxylation sites is 2. The Bertz CT molecular complexity index is 485. The number of anilines is 1. The molecule has 2 atom stereocenters. The highest BCUT2D eigenvalue weighted by Crippen LogP contribution is 2.31. The largest absolute Gasteiger partial charge is 0.491 e. The lowest BCUT2D eigenvalue weighted by Crippen LogP contribution is -2.40. The summed E-state index contributed by atoms with van der Waals surface area (Å²) in [6.45, 7) is 1.94. The second kappa shape index (κ2) is 5.81. The molecule has 2 aliphatic heterocycles. The first-order chi connectivity index (χ1) is 9.75. The number of benzene rings is 1. The molecule has 2 heterocycles. The van der Waals surface area contributed by atoms with Crippen LogP contribution in [0.4, 0.5) is 5.69 Å². The molecule has 1 amide bonds. The third kappa shape index (κ3) is 2.64. The minimum absolute atomic E-state index is 0.00656. The van der Waals surface area contributed by atoms with Gasteiger partial charge in [-0.2, -0.15) is 0 Å². The maximum Gasteiger partial charge on any atom is 0.230 e. The molecule has 0 aromatic heterocycles. The van der Waals surface area contributed by atoms with Crippen molar-refractivity contribution in [2.75, 3.05) is 31.3 Å². The Hall–Kier alpha value is -1.59. The van der Waals surface area contributed by atoms with Gasteiger partial charge in [-0.15, -0.1) is 0 Å². The molecule has 3 rings (SSSR count). The van der Waals surface area contributed by atoms with Crippen LogP contribution in [0.5, 0.6) is 5.75 Å². The summed E-state index contributed by atoms with van der Waals surface area (Å²) in [7, 11) is 0. The highest BCUT2D eigenvalue weighted by atomic mass is 16.5. The van der Waals surface area contributed by atoms with Crippen LogP contribution in [-0.2, 0) is 9.53 Å². The molecule has 0 spiro atoms. The zero-order valence-corrected chi connectivity index (χ0v) is 11.3. The van der Waals surface area contributed by atoms with E-state index in [4.69, 9.17) is 9.47 Å². The number of β-amino-alcohol motifs (C(OH)–C–C–N with tert-alkyl or cyclic N) is 1. The smallest absolute Gasteiger partial charge is 0.230 e. The Labute approximate surface area is 118 Å². The number of carbonyl (C=O) groups is 1. The fourth-order valence-electron chi connectivity index (χ4n) is 2.71. The van der Waals surface area contributed by atoms with Gasteiger partial charge in [-0.1, -0.05) is 12.1 Å². The summed E-state index contributed by atoms with van der Waals surface area (Å²) in [4.78, 5) is 13.9. The molecule has 0 aliphatic carbocycles. The van der Waals surface area contributed by atoms with Crippen molar-refractivity contribution in [3.8, 4) is 5.75 Å². The molecule has 2 unspecified atom stereocenters. The van der Waals surface area contributed by atoms with E-state index in [-0.39, 0.29) is 11.8 Å². The highest BCUT2D eigenvalue weighted by molar-refractivity contribution is 5.95. The van der Waals surface area contributed by atoms with Crippen LogP contribution < -0.4 is 9.64 Å². The van der Waals surface area contributed by atoms with Gasteiger partial charge in [0.25, 0.3) is 0 Å². The lowest BCUT2D eigenvalue weighted by molar-refractivity contribution is -0.119. The lowest BCUT2D eigenvalue weighted by Gasteiger charge is -2.26. The van der Waals surface area contributed by atoms with Gasteiger partial charge in [-0.05, 0) is 18.6 Å². The number of rotatable bonds is 3. The third-order valence-corrected chi connectivity index (χ3v) is 3.91. The average Bonchev–Trinajstić information content (AvgIpc) is 2.94. The molecule has 108 valence electrons. The quantitative estimate of drug-likeness (QED) is 0.902. The summed E-state index contributed by atoms with van der Waals surface area (Å²) in [5.74, 6) is 0.806. The van der Waals surface area contributed by atoms with Gasteiger partial charge < -0.3 is 19.5 Å². The molecule has 0 saturated carbocycles. The molecule has 5 heteroatoms. The number of hydrogen-bond donors (Lipinski definition) is 1. The molecular formula is C15H19NO4. The summed E-state index contributed by atoms with van der Waals surface area (Å²) in [5, 5.41) is 10.3. The summed E-state index contributed by atoms with van der Waals surface area (Å²) in [6.07, 6.45) is 0.622. The third-order valence-electron chi connectivity index (χ3n) is 3.91. The number of nitrogens with zero attached hydrogens (tertiary/aromatic N) is 1. The zero-order valence-electron chi connectivity index (χ0n) is 11.3. The highest BCUT2D eigenvalue weighted by Gasteiger charge is 2.30. The minimum atomic E-state index is -0.562. The van der Waals surface area contributed by atoms with Crippen molar-refractivity contribution in [1.82, 2.24) is 0 Å². The van der Waals surface area contributed by atoms with Gasteiger partial charge in [0.15, 0.2) is 0 Å². The van der Waals surface area contributed by atoms with Crippen LogP contribution in [0.1, 0.15) is 12.8 Å². The Morgan fingerprint density at radius 3 is 3.00 bits per heavy atom. The fourth-order valence-corrected chi connectivity index (χ4v) is 2.71.